The Balaban J connectivity index is 1.53. The number of ether oxygens (including phenoxy) is 1. The van der Waals surface area contributed by atoms with E-state index >= 15 is 0 Å². The van der Waals surface area contributed by atoms with E-state index in [0.717, 1.165) is 17.0 Å². The quantitative estimate of drug-likeness (QED) is 0.732. The summed E-state index contributed by atoms with van der Waals surface area (Å²) in [6.07, 6.45) is 0.811. The molecule has 5 nitrogen and oxygen atoms in total. The lowest BCUT2D eigenvalue weighted by Gasteiger charge is -2.17. The highest BCUT2D eigenvalue weighted by Crippen LogP contribution is 2.27. The third-order valence-corrected chi connectivity index (χ3v) is 5.25. The van der Waals surface area contributed by atoms with Crippen molar-refractivity contribution in [3.05, 3.63) is 58.1 Å². The molecular weight excluding hydrogens is 399 g/mol. The molecule has 1 fully saturated rings. The van der Waals surface area contributed by atoms with Crippen LogP contribution in [0.3, 0.4) is 0 Å². The molecule has 2 aromatic rings. The third-order valence-electron chi connectivity index (χ3n) is 4.66. The fraction of sp³-hybridized carbons (Fsp3) is 0.333. The normalized spacial score (nSPS) is 16.3. The molecule has 148 valence electrons. The van der Waals surface area contributed by atoms with E-state index in [1.54, 1.807) is 17.0 Å². The molecular formula is C21H22Cl2N2O3. The minimum absolute atomic E-state index is 0.0509. The van der Waals surface area contributed by atoms with Crippen molar-refractivity contribution in [2.24, 2.45) is 5.92 Å². The lowest BCUT2D eigenvalue weighted by Crippen LogP contribution is -2.34. The van der Waals surface area contributed by atoms with Gasteiger partial charge in [0.25, 0.3) is 0 Å². The molecule has 1 aliphatic heterocycles. The van der Waals surface area contributed by atoms with Crippen LogP contribution in [-0.4, -0.2) is 31.5 Å². The first kappa shape index (κ1) is 20.5. The highest BCUT2D eigenvalue weighted by Gasteiger charge is 2.34. The van der Waals surface area contributed by atoms with Crippen molar-refractivity contribution in [2.75, 3.05) is 24.6 Å². The second kappa shape index (κ2) is 9.30. The minimum Gasteiger partial charge on any atom is -0.494 e. The third kappa shape index (κ3) is 4.97. The van der Waals surface area contributed by atoms with Crippen LogP contribution in [0, 0.1) is 5.92 Å². The zero-order valence-corrected chi connectivity index (χ0v) is 17.1. The lowest BCUT2D eigenvalue weighted by atomic mass is 10.1. The van der Waals surface area contributed by atoms with Crippen LogP contribution in [0.1, 0.15) is 18.9 Å². The predicted molar refractivity (Wildman–Crippen MR) is 111 cm³/mol. The summed E-state index contributed by atoms with van der Waals surface area (Å²) in [6, 6.07) is 12.6. The molecule has 1 atom stereocenters. The van der Waals surface area contributed by atoms with Gasteiger partial charge < -0.3 is 15.0 Å². The average Bonchev–Trinajstić information content (AvgIpc) is 3.06. The zero-order chi connectivity index (χ0) is 20.1. The summed E-state index contributed by atoms with van der Waals surface area (Å²) in [4.78, 5) is 26.5. The van der Waals surface area contributed by atoms with Crippen molar-refractivity contribution in [3.63, 3.8) is 0 Å². The van der Waals surface area contributed by atoms with E-state index in [4.69, 9.17) is 27.9 Å². The summed E-state index contributed by atoms with van der Waals surface area (Å²) in [5.74, 6) is 0.227. The molecule has 1 aliphatic rings. The number of hydrogen-bond acceptors (Lipinski definition) is 3. The first-order valence-corrected chi connectivity index (χ1v) is 9.98. The summed E-state index contributed by atoms with van der Waals surface area (Å²) in [7, 11) is 0. The maximum Gasteiger partial charge on any atom is 0.227 e. The number of amides is 2. The zero-order valence-electron chi connectivity index (χ0n) is 15.6. The van der Waals surface area contributed by atoms with Crippen LogP contribution in [0.2, 0.25) is 10.0 Å². The molecule has 28 heavy (non-hydrogen) atoms. The van der Waals surface area contributed by atoms with Gasteiger partial charge in [0, 0.05) is 35.2 Å². The molecule has 0 radical (unpaired) electrons. The van der Waals surface area contributed by atoms with Crippen molar-refractivity contribution in [1.29, 1.82) is 0 Å². The van der Waals surface area contributed by atoms with Gasteiger partial charge in [-0.15, -0.1) is 0 Å². The maximum atomic E-state index is 12.5. The predicted octanol–water partition coefficient (Wildman–Crippen LogP) is 4.10. The van der Waals surface area contributed by atoms with E-state index in [1.165, 1.54) is 0 Å². The second-order valence-corrected chi connectivity index (χ2v) is 7.45. The molecule has 0 unspecified atom stereocenters. The lowest BCUT2D eigenvalue weighted by molar-refractivity contribution is -0.126. The van der Waals surface area contributed by atoms with Crippen molar-refractivity contribution in [3.8, 4) is 5.75 Å². The molecule has 7 heteroatoms. The minimum atomic E-state index is -0.361. The number of benzene rings is 2. The van der Waals surface area contributed by atoms with Crippen molar-refractivity contribution in [1.82, 2.24) is 5.32 Å². The Morgan fingerprint density at radius 3 is 2.64 bits per heavy atom. The number of rotatable bonds is 7. The summed E-state index contributed by atoms with van der Waals surface area (Å²) in [5, 5.41) is 4.07. The van der Waals surface area contributed by atoms with Gasteiger partial charge in [0.2, 0.25) is 11.8 Å². The SMILES string of the molecule is CCOc1ccc(N2C[C@H](C(=O)NCCc3ccc(Cl)cc3Cl)CC2=O)cc1. The van der Waals surface area contributed by atoms with E-state index in [-0.39, 0.29) is 24.2 Å². The summed E-state index contributed by atoms with van der Waals surface area (Å²) >= 11 is 12.0. The highest BCUT2D eigenvalue weighted by atomic mass is 35.5. The number of carbonyl (C=O) groups excluding carboxylic acids is 2. The van der Waals surface area contributed by atoms with Crippen molar-refractivity contribution in [2.45, 2.75) is 19.8 Å². The van der Waals surface area contributed by atoms with Gasteiger partial charge in [-0.3, -0.25) is 9.59 Å². The number of anilines is 1. The van der Waals surface area contributed by atoms with Crippen LogP contribution in [0.5, 0.6) is 5.75 Å². The molecule has 1 heterocycles. The standard InChI is InChI=1S/C21H22Cl2N2O3/c1-2-28-18-7-5-17(6-8-18)25-13-15(11-20(25)26)21(27)24-10-9-14-3-4-16(22)12-19(14)23/h3-8,12,15H,2,9-11,13H2,1H3,(H,24,27)/t15-/m1/s1. The Morgan fingerprint density at radius 2 is 1.96 bits per heavy atom. The van der Waals surface area contributed by atoms with E-state index in [2.05, 4.69) is 5.32 Å². The molecule has 2 aromatic carbocycles. The Hall–Kier alpha value is -2.24. The number of halogens is 2. The second-order valence-electron chi connectivity index (χ2n) is 6.61. The monoisotopic (exact) mass is 420 g/mol. The average molecular weight is 421 g/mol. The molecule has 2 amide bonds. The van der Waals surface area contributed by atoms with Gasteiger partial charge in [0.15, 0.2) is 0 Å². The molecule has 1 saturated heterocycles. The molecule has 0 aromatic heterocycles. The van der Waals surface area contributed by atoms with Crippen LogP contribution in [0.15, 0.2) is 42.5 Å². The number of carbonyl (C=O) groups is 2. The topological polar surface area (TPSA) is 58.6 Å². The largest absolute Gasteiger partial charge is 0.494 e. The fourth-order valence-electron chi connectivity index (χ4n) is 3.21. The van der Waals surface area contributed by atoms with Crippen molar-refractivity contribution < 1.29 is 14.3 Å². The van der Waals surface area contributed by atoms with E-state index < -0.39 is 0 Å². The summed E-state index contributed by atoms with van der Waals surface area (Å²) in [6.45, 7) is 3.34. The van der Waals surface area contributed by atoms with Crippen LogP contribution >= 0.6 is 23.2 Å². The van der Waals surface area contributed by atoms with Crippen LogP contribution in [0.4, 0.5) is 5.69 Å². The highest BCUT2D eigenvalue weighted by molar-refractivity contribution is 6.35. The van der Waals surface area contributed by atoms with Crippen LogP contribution in [-0.2, 0) is 16.0 Å². The Bertz CT molecular complexity index is 855. The van der Waals surface area contributed by atoms with Gasteiger partial charge in [-0.2, -0.15) is 0 Å². The van der Waals surface area contributed by atoms with Gasteiger partial charge in [-0.05, 0) is 55.3 Å². The molecule has 0 aliphatic carbocycles. The van der Waals surface area contributed by atoms with Gasteiger partial charge in [0.1, 0.15) is 5.75 Å². The Labute approximate surface area is 174 Å². The molecule has 0 saturated carbocycles. The number of nitrogens with zero attached hydrogens (tertiary/aromatic N) is 1. The maximum absolute atomic E-state index is 12.5. The molecule has 3 rings (SSSR count). The Morgan fingerprint density at radius 1 is 1.21 bits per heavy atom. The smallest absolute Gasteiger partial charge is 0.227 e. The van der Waals surface area contributed by atoms with Crippen LogP contribution in [0.25, 0.3) is 0 Å². The molecule has 1 N–H and O–H groups in total. The van der Waals surface area contributed by atoms with Crippen molar-refractivity contribution >= 4 is 40.7 Å². The van der Waals surface area contributed by atoms with E-state index in [1.807, 2.05) is 37.3 Å². The number of hydrogen-bond donors (Lipinski definition) is 1. The van der Waals surface area contributed by atoms with Gasteiger partial charge in [-0.25, -0.2) is 0 Å². The first-order valence-electron chi connectivity index (χ1n) is 9.22. The fourth-order valence-corrected chi connectivity index (χ4v) is 3.71. The van der Waals surface area contributed by atoms with Crippen LogP contribution < -0.4 is 15.0 Å². The van der Waals surface area contributed by atoms with E-state index in [0.29, 0.717) is 36.2 Å². The molecule has 0 spiro atoms. The van der Waals surface area contributed by atoms with Gasteiger partial charge in [-0.1, -0.05) is 29.3 Å². The van der Waals surface area contributed by atoms with Gasteiger partial charge >= 0.3 is 0 Å². The summed E-state index contributed by atoms with van der Waals surface area (Å²) < 4.78 is 5.42. The Kier molecular flexibility index (Phi) is 6.81. The van der Waals surface area contributed by atoms with Gasteiger partial charge in [0.05, 0.1) is 12.5 Å². The van der Waals surface area contributed by atoms with E-state index in [9.17, 15) is 9.59 Å². The number of nitrogens with one attached hydrogen (secondary N) is 1. The summed E-state index contributed by atoms with van der Waals surface area (Å²) in [5.41, 5.74) is 1.70. The first-order chi connectivity index (χ1) is 13.5. The molecule has 0 bridgehead atoms.